The first-order valence-corrected chi connectivity index (χ1v) is 8.34. The summed E-state index contributed by atoms with van der Waals surface area (Å²) in [4.78, 5) is 11.2. The number of hydrogen-bond donors (Lipinski definition) is 2. The molecule has 0 radical (unpaired) electrons. The third-order valence-electron chi connectivity index (χ3n) is 4.23. The average molecular weight is 341 g/mol. The zero-order valence-corrected chi connectivity index (χ0v) is 14.2. The van der Waals surface area contributed by atoms with Crippen LogP contribution in [0.15, 0.2) is 78.9 Å². The van der Waals surface area contributed by atoms with Crippen molar-refractivity contribution in [1.29, 1.82) is 5.26 Å². The van der Waals surface area contributed by atoms with Gasteiger partial charge in [-0.25, -0.2) is 0 Å². The van der Waals surface area contributed by atoms with Gasteiger partial charge in [0.05, 0.1) is 17.7 Å². The molecule has 1 unspecified atom stereocenters. The predicted octanol–water partition coefficient (Wildman–Crippen LogP) is 3.54. The van der Waals surface area contributed by atoms with Gasteiger partial charge < -0.3 is 11.1 Å². The molecule has 0 spiro atoms. The Bertz CT molecular complexity index is 928. The van der Waals surface area contributed by atoms with E-state index in [0.717, 1.165) is 16.7 Å². The lowest BCUT2D eigenvalue weighted by molar-refractivity contribution is 0.100. The van der Waals surface area contributed by atoms with E-state index in [4.69, 9.17) is 5.73 Å². The summed E-state index contributed by atoms with van der Waals surface area (Å²) in [6.45, 7) is 0.620. The van der Waals surface area contributed by atoms with Crippen molar-refractivity contribution < 1.29 is 4.79 Å². The second kappa shape index (κ2) is 8.11. The molecule has 0 heterocycles. The van der Waals surface area contributed by atoms with Crippen molar-refractivity contribution in [2.24, 2.45) is 5.73 Å². The summed E-state index contributed by atoms with van der Waals surface area (Å²) < 4.78 is 0. The van der Waals surface area contributed by atoms with Crippen molar-refractivity contribution >= 4 is 5.91 Å². The lowest BCUT2D eigenvalue weighted by Crippen LogP contribution is -2.22. The van der Waals surface area contributed by atoms with E-state index >= 15 is 0 Å². The molecule has 3 aromatic rings. The summed E-state index contributed by atoms with van der Waals surface area (Å²) >= 11 is 0. The Labute approximate surface area is 152 Å². The minimum absolute atomic E-state index is 0.0414. The molecule has 0 saturated carbocycles. The Morgan fingerprint density at radius 1 is 0.962 bits per heavy atom. The molecule has 0 aliphatic carbocycles. The van der Waals surface area contributed by atoms with Crippen LogP contribution in [0.3, 0.4) is 0 Å². The largest absolute Gasteiger partial charge is 0.366 e. The predicted molar refractivity (Wildman–Crippen MR) is 101 cm³/mol. The summed E-state index contributed by atoms with van der Waals surface area (Å²) in [5.74, 6) is -0.431. The van der Waals surface area contributed by atoms with Gasteiger partial charge >= 0.3 is 0 Å². The van der Waals surface area contributed by atoms with Crippen LogP contribution in [0.4, 0.5) is 0 Å². The van der Waals surface area contributed by atoms with Gasteiger partial charge in [0, 0.05) is 12.1 Å². The normalized spacial score (nSPS) is 11.5. The van der Waals surface area contributed by atoms with Crippen LogP contribution in [-0.4, -0.2) is 5.91 Å². The molecular weight excluding hydrogens is 322 g/mol. The molecule has 3 rings (SSSR count). The second-order valence-electron chi connectivity index (χ2n) is 6.02. The molecule has 128 valence electrons. The van der Waals surface area contributed by atoms with E-state index in [2.05, 4.69) is 23.5 Å². The van der Waals surface area contributed by atoms with E-state index in [-0.39, 0.29) is 6.04 Å². The highest BCUT2D eigenvalue weighted by Crippen LogP contribution is 2.23. The van der Waals surface area contributed by atoms with Gasteiger partial charge in [0.1, 0.15) is 0 Å². The van der Waals surface area contributed by atoms with Crippen LogP contribution >= 0.6 is 0 Å². The van der Waals surface area contributed by atoms with Crippen LogP contribution in [0.2, 0.25) is 0 Å². The molecule has 1 amide bonds. The maximum atomic E-state index is 11.2. The van der Waals surface area contributed by atoms with Crippen molar-refractivity contribution in [3.8, 4) is 6.07 Å². The first-order chi connectivity index (χ1) is 12.7. The summed E-state index contributed by atoms with van der Waals surface area (Å²) in [6.07, 6.45) is 0. The Morgan fingerprint density at radius 3 is 2.31 bits per heavy atom. The van der Waals surface area contributed by atoms with Crippen LogP contribution in [0.5, 0.6) is 0 Å². The molecule has 4 nitrogen and oxygen atoms in total. The van der Waals surface area contributed by atoms with Crippen molar-refractivity contribution in [1.82, 2.24) is 5.32 Å². The molecular formula is C22H19N3O. The lowest BCUT2D eigenvalue weighted by Gasteiger charge is -2.20. The minimum Gasteiger partial charge on any atom is -0.366 e. The fraction of sp³-hybridized carbons (Fsp3) is 0.0909. The number of carbonyl (C=O) groups is 1. The third kappa shape index (κ3) is 4.15. The Kier molecular flexibility index (Phi) is 5.43. The van der Waals surface area contributed by atoms with Gasteiger partial charge in [-0.15, -0.1) is 0 Å². The standard InChI is InChI=1S/C22H19N3O/c23-14-17-5-4-8-20(13-17)21(18-6-2-1-3-7-18)25-15-16-9-11-19(12-10-16)22(24)26/h1-13,21,25H,15H2,(H2,24,26). The van der Waals surface area contributed by atoms with Gasteiger partial charge in [-0.3, -0.25) is 4.79 Å². The molecule has 0 saturated heterocycles. The summed E-state index contributed by atoms with van der Waals surface area (Å²) in [5, 5.41) is 12.7. The molecule has 3 aromatic carbocycles. The fourth-order valence-corrected chi connectivity index (χ4v) is 2.87. The van der Waals surface area contributed by atoms with Gasteiger partial charge in [0.15, 0.2) is 0 Å². The fourth-order valence-electron chi connectivity index (χ4n) is 2.87. The van der Waals surface area contributed by atoms with Crippen LogP contribution in [0.1, 0.15) is 38.7 Å². The Hall–Kier alpha value is -3.42. The van der Waals surface area contributed by atoms with Gasteiger partial charge in [-0.05, 0) is 41.0 Å². The number of primary amides is 1. The molecule has 0 aliphatic rings. The number of carbonyl (C=O) groups excluding carboxylic acids is 1. The van der Waals surface area contributed by atoms with Crippen LogP contribution in [-0.2, 0) is 6.54 Å². The summed E-state index contributed by atoms with van der Waals surface area (Å²) in [6, 6.07) is 27.1. The van der Waals surface area contributed by atoms with E-state index < -0.39 is 5.91 Å². The second-order valence-corrected chi connectivity index (χ2v) is 6.02. The number of nitrogens with zero attached hydrogens (tertiary/aromatic N) is 1. The van der Waals surface area contributed by atoms with Crippen LogP contribution in [0.25, 0.3) is 0 Å². The highest BCUT2D eigenvalue weighted by molar-refractivity contribution is 5.92. The molecule has 0 fully saturated rings. The molecule has 0 aromatic heterocycles. The number of nitrogens with two attached hydrogens (primary N) is 1. The van der Waals surface area contributed by atoms with Crippen molar-refractivity contribution in [2.75, 3.05) is 0 Å². The number of nitrogens with one attached hydrogen (secondary N) is 1. The number of benzene rings is 3. The topological polar surface area (TPSA) is 78.9 Å². The maximum Gasteiger partial charge on any atom is 0.248 e. The number of hydrogen-bond acceptors (Lipinski definition) is 3. The van der Waals surface area contributed by atoms with E-state index in [9.17, 15) is 10.1 Å². The first kappa shape index (κ1) is 17.4. The Morgan fingerprint density at radius 2 is 1.65 bits per heavy atom. The van der Waals surface area contributed by atoms with E-state index in [0.29, 0.717) is 17.7 Å². The molecule has 0 bridgehead atoms. The van der Waals surface area contributed by atoms with E-state index in [1.807, 2.05) is 48.5 Å². The van der Waals surface area contributed by atoms with Gasteiger partial charge in [-0.1, -0.05) is 54.6 Å². The third-order valence-corrected chi connectivity index (χ3v) is 4.23. The number of nitriles is 1. The summed E-state index contributed by atoms with van der Waals surface area (Å²) in [5.41, 5.74) is 9.62. The number of amides is 1. The maximum absolute atomic E-state index is 11.2. The van der Waals surface area contributed by atoms with Crippen molar-refractivity contribution in [3.05, 3.63) is 107 Å². The van der Waals surface area contributed by atoms with Crippen molar-refractivity contribution in [2.45, 2.75) is 12.6 Å². The zero-order valence-electron chi connectivity index (χ0n) is 14.2. The SMILES string of the molecule is N#Cc1cccc(C(NCc2ccc(C(N)=O)cc2)c2ccccc2)c1. The summed E-state index contributed by atoms with van der Waals surface area (Å²) in [7, 11) is 0. The zero-order chi connectivity index (χ0) is 18.4. The van der Waals surface area contributed by atoms with Gasteiger partial charge in [0.25, 0.3) is 0 Å². The highest BCUT2D eigenvalue weighted by atomic mass is 16.1. The molecule has 1 atom stereocenters. The molecule has 0 aliphatic heterocycles. The average Bonchev–Trinajstić information content (AvgIpc) is 2.69. The minimum atomic E-state index is -0.431. The number of rotatable bonds is 6. The molecule has 4 heteroatoms. The van der Waals surface area contributed by atoms with Crippen LogP contribution < -0.4 is 11.1 Å². The monoisotopic (exact) mass is 341 g/mol. The first-order valence-electron chi connectivity index (χ1n) is 8.34. The molecule has 3 N–H and O–H groups in total. The van der Waals surface area contributed by atoms with E-state index in [1.165, 1.54) is 0 Å². The Balaban J connectivity index is 1.84. The smallest absolute Gasteiger partial charge is 0.248 e. The quantitative estimate of drug-likeness (QED) is 0.720. The van der Waals surface area contributed by atoms with Crippen LogP contribution in [0, 0.1) is 11.3 Å². The lowest BCUT2D eigenvalue weighted by atomic mass is 9.97. The van der Waals surface area contributed by atoms with Crippen molar-refractivity contribution in [3.63, 3.8) is 0 Å². The highest BCUT2D eigenvalue weighted by Gasteiger charge is 2.14. The van der Waals surface area contributed by atoms with Gasteiger partial charge in [0.2, 0.25) is 5.91 Å². The molecule has 26 heavy (non-hydrogen) atoms. The van der Waals surface area contributed by atoms with Gasteiger partial charge in [-0.2, -0.15) is 5.26 Å². The van der Waals surface area contributed by atoms with E-state index in [1.54, 1.807) is 18.2 Å².